The van der Waals surface area contributed by atoms with Crippen LogP contribution in [0, 0.1) is 13.8 Å². The monoisotopic (exact) mass is 263 g/mol. The highest BCUT2D eigenvalue weighted by atomic mass is 15.2. The number of nitrogens with two attached hydrogens (primary N) is 1. The van der Waals surface area contributed by atoms with E-state index in [9.17, 15) is 0 Å². The Morgan fingerprint density at radius 1 is 0.950 bits per heavy atom. The third-order valence-corrected chi connectivity index (χ3v) is 3.65. The van der Waals surface area contributed by atoms with Gasteiger partial charge in [0, 0.05) is 10.9 Å². The molecule has 100 valence electrons. The third-order valence-electron chi connectivity index (χ3n) is 3.65. The van der Waals surface area contributed by atoms with E-state index in [0.29, 0.717) is 5.82 Å². The number of nitrogens with zero attached hydrogens (tertiary/aromatic N) is 1. The average Bonchev–Trinajstić information content (AvgIpc) is 2.48. The number of hydrogen-bond acceptors (Lipinski definition) is 3. The first-order valence-electron chi connectivity index (χ1n) is 6.63. The van der Waals surface area contributed by atoms with Crippen molar-refractivity contribution in [2.75, 3.05) is 5.43 Å². The number of nitrogen functional groups attached to an aromatic ring is 1. The van der Waals surface area contributed by atoms with E-state index in [1.807, 2.05) is 18.2 Å². The second-order valence-corrected chi connectivity index (χ2v) is 5.02. The summed E-state index contributed by atoms with van der Waals surface area (Å²) in [6.07, 6.45) is 0. The number of benzene rings is 2. The van der Waals surface area contributed by atoms with Crippen molar-refractivity contribution in [3.63, 3.8) is 0 Å². The molecule has 20 heavy (non-hydrogen) atoms. The molecule has 0 saturated heterocycles. The van der Waals surface area contributed by atoms with Gasteiger partial charge in [-0.15, -0.1) is 0 Å². The lowest BCUT2D eigenvalue weighted by Crippen LogP contribution is -2.10. The maximum Gasteiger partial charge on any atom is 0.148 e. The van der Waals surface area contributed by atoms with Gasteiger partial charge in [-0.1, -0.05) is 30.3 Å². The van der Waals surface area contributed by atoms with Crippen LogP contribution in [0.25, 0.3) is 22.0 Å². The lowest BCUT2D eigenvalue weighted by atomic mass is 10.0. The second-order valence-electron chi connectivity index (χ2n) is 5.02. The molecule has 2 aromatic carbocycles. The smallest absolute Gasteiger partial charge is 0.148 e. The fourth-order valence-electron chi connectivity index (χ4n) is 2.39. The summed E-state index contributed by atoms with van der Waals surface area (Å²) in [6, 6.07) is 16.6. The molecule has 0 radical (unpaired) electrons. The van der Waals surface area contributed by atoms with Gasteiger partial charge < -0.3 is 5.43 Å². The fraction of sp³-hybridized carbons (Fsp3) is 0.118. The molecule has 0 amide bonds. The van der Waals surface area contributed by atoms with Crippen LogP contribution in [0.5, 0.6) is 0 Å². The Morgan fingerprint density at radius 3 is 2.35 bits per heavy atom. The minimum atomic E-state index is 0.701. The van der Waals surface area contributed by atoms with Gasteiger partial charge in [-0.2, -0.15) is 0 Å². The van der Waals surface area contributed by atoms with E-state index in [0.717, 1.165) is 22.0 Å². The molecule has 0 aliphatic rings. The van der Waals surface area contributed by atoms with Crippen molar-refractivity contribution in [1.29, 1.82) is 0 Å². The lowest BCUT2D eigenvalue weighted by molar-refractivity contribution is 1.25. The molecular formula is C17H17N3. The molecule has 1 aromatic heterocycles. The van der Waals surface area contributed by atoms with E-state index < -0.39 is 0 Å². The Bertz CT molecular complexity index is 764. The molecule has 1 heterocycles. The van der Waals surface area contributed by atoms with Gasteiger partial charge in [-0.25, -0.2) is 10.8 Å². The molecule has 0 bridgehead atoms. The van der Waals surface area contributed by atoms with Crippen molar-refractivity contribution in [2.45, 2.75) is 13.8 Å². The Morgan fingerprint density at radius 2 is 1.65 bits per heavy atom. The molecule has 3 N–H and O–H groups in total. The van der Waals surface area contributed by atoms with Gasteiger partial charge in [0.25, 0.3) is 0 Å². The summed E-state index contributed by atoms with van der Waals surface area (Å²) in [7, 11) is 0. The molecular weight excluding hydrogens is 246 g/mol. The van der Waals surface area contributed by atoms with Gasteiger partial charge in [0.1, 0.15) is 5.82 Å². The van der Waals surface area contributed by atoms with E-state index >= 15 is 0 Å². The molecule has 0 aliphatic carbocycles. The number of hydrazine groups is 1. The van der Waals surface area contributed by atoms with Crippen molar-refractivity contribution >= 4 is 16.7 Å². The molecule has 0 saturated carbocycles. The van der Waals surface area contributed by atoms with Crippen LogP contribution in [0.15, 0.2) is 48.5 Å². The van der Waals surface area contributed by atoms with E-state index in [-0.39, 0.29) is 0 Å². The number of anilines is 1. The van der Waals surface area contributed by atoms with Crippen molar-refractivity contribution in [2.24, 2.45) is 5.84 Å². The standard InChI is InChI=1S/C17H17N3/c1-11-8-14-10-15(13-6-4-3-5-7-13)17(20-18)19-16(14)9-12(11)2/h3-10H,18H2,1-2H3,(H,19,20). The predicted octanol–water partition coefficient (Wildman–Crippen LogP) is 3.80. The molecule has 3 rings (SSSR count). The van der Waals surface area contributed by atoms with Crippen molar-refractivity contribution < 1.29 is 0 Å². The zero-order valence-corrected chi connectivity index (χ0v) is 11.6. The number of rotatable bonds is 2. The number of aryl methyl sites for hydroxylation is 2. The number of pyridine rings is 1. The first kappa shape index (κ1) is 12.6. The predicted molar refractivity (Wildman–Crippen MR) is 84.5 cm³/mol. The summed E-state index contributed by atoms with van der Waals surface area (Å²) in [5.41, 5.74) is 8.30. The van der Waals surface area contributed by atoms with Crippen LogP contribution in [0.3, 0.4) is 0 Å². The van der Waals surface area contributed by atoms with Crippen LogP contribution >= 0.6 is 0 Å². The summed E-state index contributed by atoms with van der Waals surface area (Å²) < 4.78 is 0. The largest absolute Gasteiger partial charge is 0.308 e. The SMILES string of the molecule is Cc1cc2cc(-c3ccccc3)c(NN)nc2cc1C. The number of hydrogen-bond donors (Lipinski definition) is 2. The summed E-state index contributed by atoms with van der Waals surface area (Å²) in [4.78, 5) is 4.64. The van der Waals surface area contributed by atoms with Gasteiger partial charge in [-0.05, 0) is 48.7 Å². The quantitative estimate of drug-likeness (QED) is 0.546. The Hall–Kier alpha value is -2.39. The van der Waals surface area contributed by atoms with Crippen LogP contribution in [-0.2, 0) is 0 Å². The van der Waals surface area contributed by atoms with Crippen LogP contribution in [0.4, 0.5) is 5.82 Å². The zero-order chi connectivity index (χ0) is 14.1. The Kier molecular flexibility index (Phi) is 3.12. The summed E-state index contributed by atoms with van der Waals surface area (Å²) in [5.74, 6) is 6.34. The zero-order valence-electron chi connectivity index (χ0n) is 11.6. The Balaban J connectivity index is 2.29. The number of aromatic nitrogens is 1. The van der Waals surface area contributed by atoms with Gasteiger partial charge >= 0.3 is 0 Å². The number of nitrogens with one attached hydrogen (secondary N) is 1. The molecule has 3 aromatic rings. The van der Waals surface area contributed by atoms with Crippen LogP contribution < -0.4 is 11.3 Å². The topological polar surface area (TPSA) is 50.9 Å². The van der Waals surface area contributed by atoms with Gasteiger partial charge in [-0.3, -0.25) is 0 Å². The molecule has 0 unspecified atom stereocenters. The summed E-state index contributed by atoms with van der Waals surface area (Å²) in [5, 5.41) is 1.13. The molecule has 0 fully saturated rings. The summed E-state index contributed by atoms with van der Waals surface area (Å²) in [6.45, 7) is 4.21. The first-order chi connectivity index (χ1) is 9.69. The molecule has 0 atom stereocenters. The molecule has 3 nitrogen and oxygen atoms in total. The number of fused-ring (bicyclic) bond motifs is 1. The average molecular weight is 263 g/mol. The minimum Gasteiger partial charge on any atom is -0.308 e. The van der Waals surface area contributed by atoms with Crippen molar-refractivity contribution in [3.8, 4) is 11.1 Å². The van der Waals surface area contributed by atoms with E-state index in [1.54, 1.807) is 0 Å². The fourth-order valence-corrected chi connectivity index (χ4v) is 2.39. The van der Waals surface area contributed by atoms with Gasteiger partial charge in [0.15, 0.2) is 0 Å². The highest BCUT2D eigenvalue weighted by molar-refractivity contribution is 5.90. The van der Waals surface area contributed by atoms with Crippen molar-refractivity contribution in [3.05, 3.63) is 59.7 Å². The lowest BCUT2D eigenvalue weighted by Gasteiger charge is -2.11. The van der Waals surface area contributed by atoms with Gasteiger partial charge in [0.05, 0.1) is 5.52 Å². The minimum absolute atomic E-state index is 0.701. The molecule has 3 heteroatoms. The van der Waals surface area contributed by atoms with Crippen molar-refractivity contribution in [1.82, 2.24) is 4.98 Å². The molecule has 0 spiro atoms. The van der Waals surface area contributed by atoms with E-state index in [2.05, 4.69) is 54.6 Å². The maximum absolute atomic E-state index is 5.63. The summed E-state index contributed by atoms with van der Waals surface area (Å²) >= 11 is 0. The highest BCUT2D eigenvalue weighted by Crippen LogP contribution is 2.30. The van der Waals surface area contributed by atoms with Crippen LogP contribution in [0.2, 0.25) is 0 Å². The van der Waals surface area contributed by atoms with E-state index in [1.165, 1.54) is 11.1 Å². The third kappa shape index (κ3) is 2.12. The maximum atomic E-state index is 5.63. The van der Waals surface area contributed by atoms with Crippen LogP contribution in [-0.4, -0.2) is 4.98 Å². The first-order valence-corrected chi connectivity index (χ1v) is 6.63. The normalized spacial score (nSPS) is 10.8. The molecule has 0 aliphatic heterocycles. The second kappa shape index (κ2) is 4.94. The Labute approximate surface area is 118 Å². The highest BCUT2D eigenvalue weighted by Gasteiger charge is 2.09. The van der Waals surface area contributed by atoms with E-state index in [4.69, 9.17) is 5.84 Å². The van der Waals surface area contributed by atoms with Gasteiger partial charge in [0.2, 0.25) is 0 Å². The van der Waals surface area contributed by atoms with Crippen LogP contribution in [0.1, 0.15) is 11.1 Å².